The molecule has 2 rings (SSSR count). The van der Waals surface area contributed by atoms with Crippen LogP contribution in [0.3, 0.4) is 0 Å². The van der Waals surface area contributed by atoms with Gasteiger partial charge in [0.25, 0.3) is 0 Å². The van der Waals surface area contributed by atoms with Crippen LogP contribution in [0.1, 0.15) is 37.4 Å². The summed E-state index contributed by atoms with van der Waals surface area (Å²) in [5.74, 6) is 0. The molecule has 0 aliphatic carbocycles. The standard InChI is InChI=1S/C11H17NO/c13-9-7-11-5-2-1-4-10-6-3-8-12(10)11/h3,6,8,11,13H,1-2,4-5,7,9H2/t11-/m1/s1. The highest BCUT2D eigenvalue weighted by atomic mass is 16.3. The van der Waals surface area contributed by atoms with Crippen LogP contribution in [0.25, 0.3) is 0 Å². The Morgan fingerprint density at radius 1 is 1.46 bits per heavy atom. The Morgan fingerprint density at radius 3 is 3.23 bits per heavy atom. The molecule has 0 saturated heterocycles. The molecule has 2 heteroatoms. The Balaban J connectivity index is 2.20. The van der Waals surface area contributed by atoms with Gasteiger partial charge >= 0.3 is 0 Å². The molecule has 1 aliphatic rings. The molecule has 2 nitrogen and oxygen atoms in total. The zero-order chi connectivity index (χ0) is 9.10. The number of hydrogen-bond donors (Lipinski definition) is 1. The maximum absolute atomic E-state index is 8.96. The lowest BCUT2D eigenvalue weighted by Gasteiger charge is -2.17. The van der Waals surface area contributed by atoms with Gasteiger partial charge in [0.05, 0.1) is 0 Å². The molecule has 0 saturated carbocycles. The third-order valence-corrected chi connectivity index (χ3v) is 2.94. The fourth-order valence-corrected chi connectivity index (χ4v) is 2.25. The second-order valence-electron chi connectivity index (χ2n) is 3.82. The van der Waals surface area contributed by atoms with Crippen LogP contribution in [0.2, 0.25) is 0 Å². The molecule has 0 unspecified atom stereocenters. The Labute approximate surface area is 79.2 Å². The average molecular weight is 179 g/mol. The molecule has 1 atom stereocenters. The van der Waals surface area contributed by atoms with Crippen LogP contribution >= 0.6 is 0 Å². The van der Waals surface area contributed by atoms with Crippen LogP contribution in [-0.2, 0) is 6.42 Å². The number of aliphatic hydroxyl groups is 1. The topological polar surface area (TPSA) is 25.2 Å². The third-order valence-electron chi connectivity index (χ3n) is 2.94. The van der Waals surface area contributed by atoms with Crippen molar-refractivity contribution in [3.8, 4) is 0 Å². The minimum absolute atomic E-state index is 0.308. The van der Waals surface area contributed by atoms with Crippen molar-refractivity contribution in [2.45, 2.75) is 38.1 Å². The second kappa shape index (κ2) is 3.97. The van der Waals surface area contributed by atoms with Crippen LogP contribution in [0.5, 0.6) is 0 Å². The molecule has 2 heterocycles. The lowest BCUT2D eigenvalue weighted by Crippen LogP contribution is -2.10. The van der Waals surface area contributed by atoms with Gasteiger partial charge in [-0.3, -0.25) is 0 Å². The van der Waals surface area contributed by atoms with E-state index in [0.29, 0.717) is 12.6 Å². The SMILES string of the molecule is OCC[C@H]1CCCCc2cccn21. The molecule has 13 heavy (non-hydrogen) atoms. The fourth-order valence-electron chi connectivity index (χ4n) is 2.25. The summed E-state index contributed by atoms with van der Waals surface area (Å²) in [7, 11) is 0. The van der Waals surface area contributed by atoms with Gasteiger partial charge in [-0.25, -0.2) is 0 Å². The molecule has 0 fully saturated rings. The number of aliphatic hydroxyl groups excluding tert-OH is 1. The predicted molar refractivity (Wildman–Crippen MR) is 52.7 cm³/mol. The molecule has 0 bridgehead atoms. The number of aromatic nitrogens is 1. The van der Waals surface area contributed by atoms with E-state index >= 15 is 0 Å². The van der Waals surface area contributed by atoms with Crippen molar-refractivity contribution in [1.29, 1.82) is 0 Å². The first-order valence-electron chi connectivity index (χ1n) is 5.18. The fraction of sp³-hybridized carbons (Fsp3) is 0.636. The Bertz CT molecular complexity index is 267. The summed E-state index contributed by atoms with van der Waals surface area (Å²) in [6.07, 6.45) is 8.08. The summed E-state index contributed by atoms with van der Waals surface area (Å²) in [6, 6.07) is 4.86. The molecule has 1 aromatic heterocycles. The van der Waals surface area contributed by atoms with E-state index in [2.05, 4.69) is 22.9 Å². The molecule has 1 aromatic rings. The van der Waals surface area contributed by atoms with Crippen molar-refractivity contribution < 1.29 is 5.11 Å². The van der Waals surface area contributed by atoms with Gasteiger partial charge in [0.15, 0.2) is 0 Å². The highest BCUT2D eigenvalue weighted by Crippen LogP contribution is 2.26. The number of nitrogens with zero attached hydrogens (tertiary/aromatic N) is 1. The van der Waals surface area contributed by atoms with Crippen molar-refractivity contribution in [3.63, 3.8) is 0 Å². The highest BCUT2D eigenvalue weighted by molar-refractivity contribution is 5.09. The van der Waals surface area contributed by atoms with Gasteiger partial charge in [0.2, 0.25) is 0 Å². The van der Waals surface area contributed by atoms with Gasteiger partial charge in [-0.15, -0.1) is 0 Å². The highest BCUT2D eigenvalue weighted by Gasteiger charge is 2.15. The molecule has 0 aromatic carbocycles. The summed E-state index contributed by atoms with van der Waals surface area (Å²) in [4.78, 5) is 0. The van der Waals surface area contributed by atoms with E-state index < -0.39 is 0 Å². The first-order valence-corrected chi connectivity index (χ1v) is 5.18. The summed E-state index contributed by atoms with van der Waals surface area (Å²) in [6.45, 7) is 0.308. The van der Waals surface area contributed by atoms with Crippen molar-refractivity contribution in [1.82, 2.24) is 4.57 Å². The van der Waals surface area contributed by atoms with E-state index in [4.69, 9.17) is 5.11 Å². The van der Waals surface area contributed by atoms with Crippen molar-refractivity contribution in [2.24, 2.45) is 0 Å². The van der Waals surface area contributed by atoms with Crippen LogP contribution in [0.4, 0.5) is 0 Å². The molecular weight excluding hydrogens is 162 g/mol. The molecule has 0 radical (unpaired) electrons. The van der Waals surface area contributed by atoms with E-state index in [1.807, 2.05) is 0 Å². The average Bonchev–Trinajstić information content (AvgIpc) is 2.52. The normalized spacial score (nSPS) is 22.4. The van der Waals surface area contributed by atoms with Gasteiger partial charge in [-0.2, -0.15) is 0 Å². The Hall–Kier alpha value is -0.760. The predicted octanol–water partition coefficient (Wildman–Crippen LogP) is 2.14. The summed E-state index contributed by atoms with van der Waals surface area (Å²) >= 11 is 0. The molecule has 1 aliphatic heterocycles. The molecule has 0 amide bonds. The van der Waals surface area contributed by atoms with Crippen molar-refractivity contribution >= 4 is 0 Å². The van der Waals surface area contributed by atoms with E-state index in [0.717, 1.165) is 6.42 Å². The monoisotopic (exact) mass is 179 g/mol. The number of rotatable bonds is 2. The minimum atomic E-state index is 0.308. The maximum Gasteiger partial charge on any atom is 0.0450 e. The van der Waals surface area contributed by atoms with Gasteiger partial charge in [-0.05, 0) is 37.8 Å². The molecule has 72 valence electrons. The van der Waals surface area contributed by atoms with Crippen LogP contribution in [0, 0.1) is 0 Å². The zero-order valence-electron chi connectivity index (χ0n) is 7.95. The lowest BCUT2D eigenvalue weighted by molar-refractivity contribution is 0.252. The number of fused-ring (bicyclic) bond motifs is 1. The van der Waals surface area contributed by atoms with Gasteiger partial charge in [0.1, 0.15) is 0 Å². The van der Waals surface area contributed by atoms with Crippen LogP contribution in [0.15, 0.2) is 18.3 Å². The van der Waals surface area contributed by atoms with Crippen LogP contribution in [-0.4, -0.2) is 16.3 Å². The minimum Gasteiger partial charge on any atom is -0.396 e. The van der Waals surface area contributed by atoms with E-state index in [1.165, 1.54) is 31.4 Å². The van der Waals surface area contributed by atoms with Crippen LogP contribution < -0.4 is 0 Å². The maximum atomic E-state index is 8.96. The second-order valence-corrected chi connectivity index (χ2v) is 3.82. The van der Waals surface area contributed by atoms with Gasteiger partial charge in [-0.1, -0.05) is 6.42 Å². The zero-order valence-corrected chi connectivity index (χ0v) is 7.95. The Kier molecular flexibility index (Phi) is 2.69. The first-order chi connectivity index (χ1) is 6.42. The van der Waals surface area contributed by atoms with E-state index in [-0.39, 0.29) is 0 Å². The van der Waals surface area contributed by atoms with E-state index in [1.54, 1.807) is 0 Å². The summed E-state index contributed by atoms with van der Waals surface area (Å²) in [5, 5.41) is 8.96. The smallest absolute Gasteiger partial charge is 0.0450 e. The lowest BCUT2D eigenvalue weighted by atomic mass is 10.1. The quantitative estimate of drug-likeness (QED) is 0.739. The number of hydrogen-bond acceptors (Lipinski definition) is 1. The molecule has 1 N–H and O–H groups in total. The van der Waals surface area contributed by atoms with E-state index in [9.17, 15) is 0 Å². The first kappa shape index (κ1) is 8.82. The van der Waals surface area contributed by atoms with Crippen molar-refractivity contribution in [2.75, 3.05) is 6.61 Å². The summed E-state index contributed by atoms with van der Waals surface area (Å²) in [5.41, 5.74) is 1.44. The Morgan fingerprint density at radius 2 is 2.38 bits per heavy atom. The molecular formula is C11H17NO. The molecule has 0 spiro atoms. The van der Waals surface area contributed by atoms with Gasteiger partial charge < -0.3 is 9.67 Å². The largest absolute Gasteiger partial charge is 0.396 e. The van der Waals surface area contributed by atoms with Crippen molar-refractivity contribution in [3.05, 3.63) is 24.0 Å². The third kappa shape index (κ3) is 1.78. The summed E-state index contributed by atoms with van der Waals surface area (Å²) < 4.78 is 2.35. The van der Waals surface area contributed by atoms with Gasteiger partial charge in [0, 0.05) is 24.5 Å². The number of aryl methyl sites for hydroxylation is 1.